The Morgan fingerprint density at radius 1 is 1.43 bits per heavy atom. The van der Waals surface area contributed by atoms with E-state index in [4.69, 9.17) is 10.5 Å². The Bertz CT molecular complexity index is 504. The molecule has 1 aliphatic rings. The first-order valence-electron chi connectivity index (χ1n) is 7.52. The second kappa shape index (κ2) is 7.15. The number of esters is 1. The summed E-state index contributed by atoms with van der Waals surface area (Å²) in [5.41, 5.74) is 6.62. The van der Waals surface area contributed by atoms with Crippen LogP contribution in [0.25, 0.3) is 0 Å². The first-order chi connectivity index (χ1) is 10.1. The summed E-state index contributed by atoms with van der Waals surface area (Å²) in [6.07, 6.45) is 6.91. The van der Waals surface area contributed by atoms with E-state index < -0.39 is 5.97 Å². The van der Waals surface area contributed by atoms with E-state index in [1.807, 2.05) is 6.92 Å². The molecule has 0 bridgehead atoms. The molecule has 0 atom stereocenters. The van der Waals surface area contributed by atoms with Crippen LogP contribution in [0.15, 0.2) is 12.3 Å². The SMILES string of the molecule is CCCn1cc(N)cc1C(=O)OCC(=O)NC1CCCC1. The number of rotatable bonds is 6. The number of carbonyl (C=O) groups is 2. The number of aromatic nitrogens is 1. The monoisotopic (exact) mass is 293 g/mol. The van der Waals surface area contributed by atoms with Crippen LogP contribution < -0.4 is 11.1 Å². The van der Waals surface area contributed by atoms with Crippen molar-refractivity contribution in [3.8, 4) is 0 Å². The fourth-order valence-corrected chi connectivity index (χ4v) is 2.67. The zero-order valence-electron chi connectivity index (χ0n) is 12.4. The molecule has 1 amide bonds. The molecule has 1 heterocycles. The van der Waals surface area contributed by atoms with Gasteiger partial charge in [-0.1, -0.05) is 19.8 Å². The maximum Gasteiger partial charge on any atom is 0.355 e. The first-order valence-corrected chi connectivity index (χ1v) is 7.52. The van der Waals surface area contributed by atoms with Gasteiger partial charge in [-0.3, -0.25) is 4.79 Å². The number of nitrogens with one attached hydrogen (secondary N) is 1. The van der Waals surface area contributed by atoms with Crippen molar-refractivity contribution in [1.82, 2.24) is 9.88 Å². The normalized spacial score (nSPS) is 15.1. The van der Waals surface area contributed by atoms with Crippen LogP contribution in [0.5, 0.6) is 0 Å². The van der Waals surface area contributed by atoms with Crippen LogP contribution in [0.1, 0.15) is 49.5 Å². The molecular formula is C15H23N3O3. The number of aryl methyl sites for hydroxylation is 1. The van der Waals surface area contributed by atoms with Gasteiger partial charge in [0.25, 0.3) is 5.91 Å². The summed E-state index contributed by atoms with van der Waals surface area (Å²) in [5.74, 6) is -0.751. The van der Waals surface area contributed by atoms with Crippen LogP contribution in [0, 0.1) is 0 Å². The van der Waals surface area contributed by atoms with Crippen LogP contribution in [-0.4, -0.2) is 29.1 Å². The molecule has 116 valence electrons. The molecule has 2 rings (SSSR count). The predicted molar refractivity (Wildman–Crippen MR) is 79.8 cm³/mol. The Morgan fingerprint density at radius 2 is 2.14 bits per heavy atom. The number of nitrogens with two attached hydrogens (primary N) is 1. The van der Waals surface area contributed by atoms with E-state index in [-0.39, 0.29) is 18.6 Å². The Balaban J connectivity index is 1.84. The molecule has 0 unspecified atom stereocenters. The van der Waals surface area contributed by atoms with Gasteiger partial charge in [0.15, 0.2) is 6.61 Å². The maximum atomic E-state index is 12.0. The summed E-state index contributed by atoms with van der Waals surface area (Å²) >= 11 is 0. The second-order valence-corrected chi connectivity index (χ2v) is 5.48. The van der Waals surface area contributed by atoms with E-state index in [2.05, 4.69) is 5.32 Å². The molecule has 0 spiro atoms. The molecule has 1 aromatic rings. The lowest BCUT2D eigenvalue weighted by atomic mass is 10.2. The fraction of sp³-hybridized carbons (Fsp3) is 0.600. The summed E-state index contributed by atoms with van der Waals surface area (Å²) in [4.78, 5) is 23.7. The Hall–Kier alpha value is -1.98. The second-order valence-electron chi connectivity index (χ2n) is 5.48. The van der Waals surface area contributed by atoms with Crippen LogP contribution in [0.4, 0.5) is 5.69 Å². The van der Waals surface area contributed by atoms with Crippen molar-refractivity contribution in [3.05, 3.63) is 18.0 Å². The van der Waals surface area contributed by atoms with Gasteiger partial charge in [-0.05, 0) is 25.3 Å². The van der Waals surface area contributed by atoms with Gasteiger partial charge in [-0.25, -0.2) is 4.79 Å². The van der Waals surface area contributed by atoms with Crippen molar-refractivity contribution < 1.29 is 14.3 Å². The minimum absolute atomic E-state index is 0.232. The van der Waals surface area contributed by atoms with Gasteiger partial charge in [-0.15, -0.1) is 0 Å². The standard InChI is InChI=1S/C15H23N3O3/c1-2-7-18-9-11(16)8-13(18)15(20)21-10-14(19)17-12-5-3-4-6-12/h8-9,12H,2-7,10,16H2,1H3,(H,17,19). The molecule has 1 fully saturated rings. The zero-order valence-corrected chi connectivity index (χ0v) is 12.4. The van der Waals surface area contributed by atoms with Crippen LogP contribution in [0.2, 0.25) is 0 Å². The van der Waals surface area contributed by atoms with E-state index in [9.17, 15) is 9.59 Å². The van der Waals surface area contributed by atoms with Gasteiger partial charge < -0.3 is 20.4 Å². The number of ether oxygens (including phenoxy) is 1. The van der Waals surface area contributed by atoms with Crippen LogP contribution in [0.3, 0.4) is 0 Å². The summed E-state index contributed by atoms with van der Waals surface area (Å²) in [6, 6.07) is 1.81. The zero-order chi connectivity index (χ0) is 15.2. The molecule has 1 aromatic heterocycles. The number of nitrogen functional groups attached to an aromatic ring is 1. The summed E-state index contributed by atoms with van der Waals surface area (Å²) in [5, 5.41) is 2.88. The van der Waals surface area contributed by atoms with E-state index >= 15 is 0 Å². The summed E-state index contributed by atoms with van der Waals surface area (Å²) in [6.45, 7) is 2.46. The van der Waals surface area contributed by atoms with Crippen molar-refractivity contribution in [3.63, 3.8) is 0 Å². The molecule has 1 aliphatic carbocycles. The number of anilines is 1. The average molecular weight is 293 g/mol. The number of amides is 1. The summed E-state index contributed by atoms with van der Waals surface area (Å²) < 4.78 is 6.83. The molecular weight excluding hydrogens is 270 g/mol. The lowest BCUT2D eigenvalue weighted by Crippen LogP contribution is -2.36. The van der Waals surface area contributed by atoms with Crippen molar-refractivity contribution >= 4 is 17.6 Å². The highest BCUT2D eigenvalue weighted by Gasteiger charge is 2.19. The molecule has 21 heavy (non-hydrogen) atoms. The summed E-state index contributed by atoms with van der Waals surface area (Å²) in [7, 11) is 0. The first kappa shape index (κ1) is 15.4. The van der Waals surface area contributed by atoms with Gasteiger partial charge in [0.05, 0.1) is 5.69 Å². The number of nitrogens with zero attached hydrogens (tertiary/aromatic N) is 1. The van der Waals surface area contributed by atoms with Crippen molar-refractivity contribution in [1.29, 1.82) is 0 Å². The molecule has 0 aromatic carbocycles. The number of carbonyl (C=O) groups excluding carboxylic acids is 2. The predicted octanol–water partition coefficient (Wildman–Crippen LogP) is 1.70. The largest absolute Gasteiger partial charge is 0.451 e. The fourth-order valence-electron chi connectivity index (χ4n) is 2.67. The van der Waals surface area contributed by atoms with E-state index in [0.717, 1.165) is 32.1 Å². The highest BCUT2D eigenvalue weighted by molar-refractivity contribution is 5.91. The quantitative estimate of drug-likeness (QED) is 0.782. The molecule has 6 nitrogen and oxygen atoms in total. The minimum Gasteiger partial charge on any atom is -0.451 e. The minimum atomic E-state index is -0.512. The van der Waals surface area contributed by atoms with Crippen LogP contribution >= 0.6 is 0 Å². The van der Waals surface area contributed by atoms with E-state index in [1.54, 1.807) is 16.8 Å². The average Bonchev–Trinajstić information content (AvgIpc) is 3.06. The van der Waals surface area contributed by atoms with Crippen molar-refractivity contribution in [2.24, 2.45) is 0 Å². The molecule has 0 aliphatic heterocycles. The Kier molecular flexibility index (Phi) is 5.25. The topological polar surface area (TPSA) is 86.3 Å². The van der Waals surface area contributed by atoms with Crippen molar-refractivity contribution in [2.45, 2.75) is 51.6 Å². The molecule has 1 saturated carbocycles. The highest BCUT2D eigenvalue weighted by Crippen LogP contribution is 2.17. The maximum absolute atomic E-state index is 12.0. The van der Waals surface area contributed by atoms with Crippen LogP contribution in [-0.2, 0) is 16.1 Å². The molecule has 6 heteroatoms. The van der Waals surface area contributed by atoms with E-state index in [1.165, 1.54) is 0 Å². The molecule has 0 saturated heterocycles. The van der Waals surface area contributed by atoms with Gasteiger partial charge in [0, 0.05) is 18.8 Å². The van der Waals surface area contributed by atoms with Gasteiger partial charge in [-0.2, -0.15) is 0 Å². The molecule has 3 N–H and O–H groups in total. The number of hydrogen-bond acceptors (Lipinski definition) is 4. The third kappa shape index (κ3) is 4.24. The lowest BCUT2D eigenvalue weighted by Gasteiger charge is -2.12. The highest BCUT2D eigenvalue weighted by atomic mass is 16.5. The van der Waals surface area contributed by atoms with Gasteiger partial charge in [0.2, 0.25) is 0 Å². The van der Waals surface area contributed by atoms with E-state index in [0.29, 0.717) is 17.9 Å². The number of hydrogen-bond donors (Lipinski definition) is 2. The Morgan fingerprint density at radius 3 is 2.81 bits per heavy atom. The lowest BCUT2D eigenvalue weighted by molar-refractivity contribution is -0.124. The third-order valence-corrected chi connectivity index (χ3v) is 3.65. The molecule has 0 radical (unpaired) electrons. The van der Waals surface area contributed by atoms with Crippen molar-refractivity contribution in [2.75, 3.05) is 12.3 Å². The third-order valence-electron chi connectivity index (χ3n) is 3.65. The van der Waals surface area contributed by atoms with Gasteiger partial charge >= 0.3 is 5.97 Å². The smallest absolute Gasteiger partial charge is 0.355 e. The Labute approximate surface area is 124 Å². The van der Waals surface area contributed by atoms with Gasteiger partial charge in [0.1, 0.15) is 5.69 Å².